The summed E-state index contributed by atoms with van der Waals surface area (Å²) >= 11 is 0. The van der Waals surface area contributed by atoms with Gasteiger partial charge in [0.05, 0.1) is 17.6 Å². The molecule has 0 aliphatic carbocycles. The SMILES string of the molecule is CCc1ccc(C(F)(F)F)cc1.N#C[B]CCN(CC[B]C#N)C(=O)CC([B]C#N)C(=O)NCC(=O)Nc1ccc2ncccc2c1. The highest BCUT2D eigenvalue weighted by atomic mass is 19.4. The average molecular weight is 638 g/mol. The van der Waals surface area contributed by atoms with Gasteiger partial charge in [-0.15, -0.1) is 0 Å². The maximum absolute atomic E-state index is 12.7. The number of nitrogens with one attached hydrogen (secondary N) is 2. The lowest BCUT2D eigenvalue weighted by Gasteiger charge is -2.24. The molecule has 47 heavy (non-hydrogen) atoms. The Morgan fingerprint density at radius 3 is 2.19 bits per heavy atom. The first-order valence-electron chi connectivity index (χ1n) is 14.5. The van der Waals surface area contributed by atoms with Crippen LogP contribution in [-0.2, 0) is 27.0 Å². The van der Waals surface area contributed by atoms with E-state index in [0.717, 1.165) is 42.3 Å². The second-order valence-electron chi connectivity index (χ2n) is 9.96. The van der Waals surface area contributed by atoms with Crippen LogP contribution in [0.4, 0.5) is 18.9 Å². The van der Waals surface area contributed by atoms with Gasteiger partial charge in [-0.25, -0.2) is 15.8 Å². The fourth-order valence-corrected chi connectivity index (χ4v) is 4.15. The second-order valence-corrected chi connectivity index (χ2v) is 9.96. The van der Waals surface area contributed by atoms with Gasteiger partial charge in [-0.05, 0) is 78.9 Å². The Balaban J connectivity index is 0.000000535. The molecule has 0 spiro atoms. The van der Waals surface area contributed by atoms with Crippen molar-refractivity contribution in [3.8, 4) is 17.9 Å². The molecule has 16 heteroatoms. The van der Waals surface area contributed by atoms with E-state index in [0.29, 0.717) is 18.3 Å². The Bertz CT molecular complexity index is 1600. The quantitative estimate of drug-likeness (QED) is 0.200. The molecule has 0 aliphatic rings. The number of nitrogens with zero attached hydrogens (tertiary/aromatic N) is 5. The first-order valence-corrected chi connectivity index (χ1v) is 14.5. The predicted octanol–water partition coefficient (Wildman–Crippen LogP) is 3.96. The molecule has 2 N–H and O–H groups in total. The number of carbonyl (C=O) groups excluding carboxylic acids is 3. The zero-order chi connectivity index (χ0) is 34.7. The van der Waals surface area contributed by atoms with Crippen LogP contribution in [0.2, 0.25) is 18.5 Å². The summed E-state index contributed by atoms with van der Waals surface area (Å²) in [5.74, 6) is 2.99. The number of aryl methyl sites for hydroxylation is 1. The average Bonchev–Trinajstić information content (AvgIpc) is 3.06. The number of nitriles is 3. The van der Waals surface area contributed by atoms with E-state index >= 15 is 0 Å². The van der Waals surface area contributed by atoms with Gasteiger partial charge in [-0.2, -0.15) is 13.2 Å². The van der Waals surface area contributed by atoms with Crippen molar-refractivity contribution >= 4 is 56.2 Å². The summed E-state index contributed by atoms with van der Waals surface area (Å²) in [6, 6.07) is 14.1. The molecule has 0 bridgehead atoms. The van der Waals surface area contributed by atoms with E-state index in [-0.39, 0.29) is 26.1 Å². The summed E-state index contributed by atoms with van der Waals surface area (Å²) in [4.78, 5) is 43.3. The van der Waals surface area contributed by atoms with Crippen molar-refractivity contribution in [3.05, 3.63) is 71.9 Å². The fraction of sp³-hybridized carbons (Fsp3) is 0.323. The van der Waals surface area contributed by atoms with Gasteiger partial charge in [-0.3, -0.25) is 19.4 Å². The molecule has 1 aromatic heterocycles. The van der Waals surface area contributed by atoms with Crippen LogP contribution in [0.25, 0.3) is 10.9 Å². The van der Waals surface area contributed by atoms with Gasteiger partial charge in [-0.1, -0.05) is 25.1 Å². The van der Waals surface area contributed by atoms with Crippen LogP contribution in [-0.4, -0.2) is 69.1 Å². The molecule has 3 aromatic rings. The first kappa shape index (κ1) is 37.9. The minimum atomic E-state index is -4.22. The van der Waals surface area contributed by atoms with Crippen molar-refractivity contribution in [3.63, 3.8) is 0 Å². The molecular weight excluding hydrogens is 608 g/mol. The molecule has 2 aromatic carbocycles. The van der Waals surface area contributed by atoms with Crippen LogP contribution < -0.4 is 10.6 Å². The van der Waals surface area contributed by atoms with Crippen molar-refractivity contribution in [2.45, 2.75) is 44.4 Å². The molecule has 3 rings (SSSR count). The van der Waals surface area contributed by atoms with Gasteiger partial charge in [0, 0.05) is 42.6 Å². The van der Waals surface area contributed by atoms with E-state index in [9.17, 15) is 27.6 Å². The van der Waals surface area contributed by atoms with Gasteiger partial charge < -0.3 is 15.5 Å². The summed E-state index contributed by atoms with van der Waals surface area (Å²) in [6.07, 6.45) is -1.40. The Morgan fingerprint density at radius 2 is 1.62 bits per heavy atom. The van der Waals surface area contributed by atoms with Crippen LogP contribution in [0.1, 0.15) is 24.5 Å². The van der Waals surface area contributed by atoms with Crippen LogP contribution in [0.15, 0.2) is 60.8 Å². The number of anilines is 1. The van der Waals surface area contributed by atoms with Gasteiger partial charge in [0.25, 0.3) is 21.8 Å². The highest BCUT2D eigenvalue weighted by Gasteiger charge is 2.30. The molecule has 3 radical (unpaired) electrons. The smallest absolute Gasteiger partial charge is 0.347 e. The van der Waals surface area contributed by atoms with E-state index < -0.39 is 35.3 Å². The molecule has 237 valence electrons. The van der Waals surface area contributed by atoms with Crippen molar-refractivity contribution in [1.29, 1.82) is 15.8 Å². The predicted molar refractivity (Wildman–Crippen MR) is 173 cm³/mol. The molecule has 1 heterocycles. The number of amides is 3. The third-order valence-corrected chi connectivity index (χ3v) is 6.63. The van der Waals surface area contributed by atoms with Gasteiger partial charge >= 0.3 is 6.18 Å². The molecule has 0 saturated heterocycles. The zero-order valence-electron chi connectivity index (χ0n) is 25.6. The maximum Gasteiger partial charge on any atom is 0.416 e. The zero-order valence-corrected chi connectivity index (χ0v) is 25.6. The molecule has 1 atom stereocenters. The summed E-state index contributed by atoms with van der Waals surface area (Å²) in [7, 11) is 3.75. The van der Waals surface area contributed by atoms with Crippen LogP contribution >= 0.6 is 0 Å². The van der Waals surface area contributed by atoms with Gasteiger partial charge in [0.15, 0.2) is 0 Å². The lowest BCUT2D eigenvalue weighted by Crippen LogP contribution is -2.40. The molecule has 0 saturated carbocycles. The highest BCUT2D eigenvalue weighted by Crippen LogP contribution is 2.29. The third-order valence-electron chi connectivity index (χ3n) is 6.63. The normalized spacial score (nSPS) is 10.8. The number of halogens is 3. The number of carbonyl (C=O) groups is 3. The van der Waals surface area contributed by atoms with E-state index in [1.54, 1.807) is 36.4 Å². The number of aromatic nitrogens is 1. The number of pyridine rings is 1. The molecule has 1 unspecified atom stereocenters. The lowest BCUT2D eigenvalue weighted by molar-refractivity contribution is -0.137. The van der Waals surface area contributed by atoms with Crippen LogP contribution in [0.5, 0.6) is 0 Å². The van der Waals surface area contributed by atoms with E-state index in [1.807, 2.05) is 24.9 Å². The number of alkyl halides is 3. The summed E-state index contributed by atoms with van der Waals surface area (Å²) in [5.41, 5.74) is 1.66. The highest BCUT2D eigenvalue weighted by molar-refractivity contribution is 6.52. The van der Waals surface area contributed by atoms with E-state index in [1.165, 1.54) is 31.6 Å². The monoisotopic (exact) mass is 638 g/mol. The maximum atomic E-state index is 12.7. The Kier molecular flexibility index (Phi) is 16.1. The molecule has 10 nitrogen and oxygen atoms in total. The Hall–Kier alpha value is -5.29. The minimum absolute atomic E-state index is 0.246. The second kappa shape index (κ2) is 20.0. The number of fused-ring (bicyclic) bond motifs is 1. The van der Waals surface area contributed by atoms with Gasteiger partial charge in [0.1, 0.15) is 0 Å². The number of benzene rings is 2. The summed E-state index contributed by atoms with van der Waals surface area (Å²) in [6.45, 7) is 2.06. The van der Waals surface area contributed by atoms with Crippen LogP contribution in [0.3, 0.4) is 0 Å². The minimum Gasteiger partial charge on any atom is -0.347 e. The first-order chi connectivity index (χ1) is 22.5. The van der Waals surface area contributed by atoms with E-state index in [4.69, 9.17) is 15.8 Å². The lowest BCUT2D eigenvalue weighted by atomic mass is 9.64. The van der Waals surface area contributed by atoms with Crippen LogP contribution in [0, 0.1) is 33.7 Å². The van der Waals surface area contributed by atoms with Crippen molar-refractivity contribution in [2.75, 3.05) is 25.0 Å². The topological polar surface area (TPSA) is 163 Å². The Morgan fingerprint density at radius 1 is 0.957 bits per heavy atom. The Labute approximate surface area is 273 Å². The number of rotatable bonds is 14. The summed E-state index contributed by atoms with van der Waals surface area (Å²) in [5, 5.41) is 32.4. The third kappa shape index (κ3) is 13.7. The fourth-order valence-electron chi connectivity index (χ4n) is 4.15. The molecule has 0 aliphatic heterocycles. The standard InChI is InChI=1S/C22H21B3N7O3.C9H9F3/c26-13-23-5-8-32(9-6-24-14-27)21(34)11-18(25-15-28)22(35)30-12-20(33)31-17-3-4-19-16(10-17)2-1-7-29-19;1-2-7-3-5-8(6-4-7)9(10,11)12/h1-4,7,10,18H,5-6,8-9,11-12H2,(H,30,35)(H,31,33);3-6H,2H2,1H3. The number of hydrogen-bond donors (Lipinski definition) is 2. The molecular formula is C31H30B3F3N7O3. The van der Waals surface area contributed by atoms with Gasteiger partial charge in [0.2, 0.25) is 17.7 Å². The largest absolute Gasteiger partial charge is 0.416 e. The van der Waals surface area contributed by atoms with Crippen molar-refractivity contribution < 1.29 is 27.6 Å². The number of hydrogen-bond acceptors (Lipinski definition) is 7. The summed E-state index contributed by atoms with van der Waals surface area (Å²) < 4.78 is 36.1. The van der Waals surface area contributed by atoms with Crippen molar-refractivity contribution in [1.82, 2.24) is 15.2 Å². The molecule has 0 fully saturated rings. The molecule has 3 amide bonds. The van der Waals surface area contributed by atoms with E-state index in [2.05, 4.69) is 15.6 Å². The van der Waals surface area contributed by atoms with Crippen molar-refractivity contribution in [2.24, 2.45) is 0 Å².